The molecule has 1 unspecified atom stereocenters. The van der Waals surface area contributed by atoms with Gasteiger partial charge >= 0.3 is 6.18 Å². The number of halogens is 3. The number of hydrogen-bond acceptors (Lipinski definition) is 1. The van der Waals surface area contributed by atoms with Crippen molar-refractivity contribution in [2.75, 3.05) is 0 Å². The molecule has 1 aromatic rings. The minimum absolute atomic E-state index is 0.0139. The molecule has 4 heteroatoms. The van der Waals surface area contributed by atoms with Gasteiger partial charge < -0.3 is 5.11 Å². The molecule has 0 aromatic heterocycles. The summed E-state index contributed by atoms with van der Waals surface area (Å²) >= 11 is 0. The maximum atomic E-state index is 13.0. The summed E-state index contributed by atoms with van der Waals surface area (Å²) in [6.45, 7) is 3.65. The van der Waals surface area contributed by atoms with Gasteiger partial charge in [-0.1, -0.05) is 32.0 Å². The molecule has 0 aliphatic heterocycles. The molecule has 1 aliphatic carbocycles. The fourth-order valence-corrected chi connectivity index (χ4v) is 2.92. The molecule has 1 aliphatic rings. The van der Waals surface area contributed by atoms with Crippen molar-refractivity contribution in [1.29, 1.82) is 0 Å². The van der Waals surface area contributed by atoms with E-state index in [4.69, 9.17) is 0 Å². The Morgan fingerprint density at radius 1 is 1.11 bits per heavy atom. The molecule has 1 nitrogen and oxygen atoms in total. The summed E-state index contributed by atoms with van der Waals surface area (Å²) in [7, 11) is 0. The normalized spacial score (nSPS) is 27.4. The van der Waals surface area contributed by atoms with Crippen molar-refractivity contribution in [3.05, 3.63) is 35.4 Å². The summed E-state index contributed by atoms with van der Waals surface area (Å²) in [5, 5.41) is 10.7. The van der Waals surface area contributed by atoms with Crippen LogP contribution in [0.1, 0.15) is 44.2 Å². The second kappa shape index (κ2) is 3.98. The molecule has 2 rings (SSSR count). The Hall–Kier alpha value is -1.03. The van der Waals surface area contributed by atoms with Crippen molar-refractivity contribution in [2.45, 2.75) is 44.9 Å². The van der Waals surface area contributed by atoms with Crippen LogP contribution in [0.2, 0.25) is 0 Å². The van der Waals surface area contributed by atoms with Crippen LogP contribution >= 0.6 is 0 Å². The molecule has 0 bridgehead atoms. The predicted molar refractivity (Wildman–Crippen MR) is 63.0 cm³/mol. The Kier molecular flexibility index (Phi) is 2.97. The maximum absolute atomic E-state index is 13.0. The van der Waals surface area contributed by atoms with Crippen LogP contribution in [0.3, 0.4) is 0 Å². The number of hydrogen-bond donors (Lipinski definition) is 1. The van der Waals surface area contributed by atoms with E-state index in [9.17, 15) is 18.3 Å². The largest absolute Gasteiger partial charge is 0.416 e. The molecule has 0 heterocycles. The van der Waals surface area contributed by atoms with Gasteiger partial charge in [-0.05, 0) is 36.3 Å². The highest BCUT2D eigenvalue weighted by Crippen LogP contribution is 2.54. The first-order valence-electron chi connectivity index (χ1n) is 6.08. The topological polar surface area (TPSA) is 20.2 Å². The summed E-state index contributed by atoms with van der Waals surface area (Å²) in [4.78, 5) is 0. The lowest BCUT2D eigenvalue weighted by atomic mass is 9.72. The van der Waals surface area contributed by atoms with Gasteiger partial charge in [0.1, 0.15) is 0 Å². The van der Waals surface area contributed by atoms with E-state index in [1.165, 1.54) is 12.1 Å². The van der Waals surface area contributed by atoms with Gasteiger partial charge in [-0.2, -0.15) is 13.2 Å². The van der Waals surface area contributed by atoms with Crippen molar-refractivity contribution >= 4 is 0 Å². The lowest BCUT2D eigenvalue weighted by Gasteiger charge is -2.38. The third kappa shape index (κ3) is 1.92. The third-order valence-electron chi connectivity index (χ3n) is 4.14. The van der Waals surface area contributed by atoms with E-state index < -0.39 is 22.8 Å². The number of aliphatic hydroxyl groups is 1. The molecule has 1 aromatic carbocycles. The van der Waals surface area contributed by atoms with E-state index in [-0.39, 0.29) is 5.56 Å². The van der Waals surface area contributed by atoms with Gasteiger partial charge in [-0.25, -0.2) is 0 Å². The highest BCUT2D eigenvalue weighted by Gasteiger charge is 2.51. The molecule has 0 spiro atoms. The molecule has 100 valence electrons. The average Bonchev–Trinajstić information content (AvgIpc) is 2.53. The molecular formula is C14H17F3O. The van der Waals surface area contributed by atoms with Crippen LogP contribution in [-0.2, 0) is 11.8 Å². The quantitative estimate of drug-likeness (QED) is 0.804. The van der Waals surface area contributed by atoms with E-state index >= 15 is 0 Å². The van der Waals surface area contributed by atoms with Gasteiger partial charge in [0, 0.05) is 0 Å². The molecule has 1 fully saturated rings. The predicted octanol–water partition coefficient (Wildman–Crippen LogP) is 4.10. The van der Waals surface area contributed by atoms with Gasteiger partial charge in [0.05, 0.1) is 11.2 Å². The van der Waals surface area contributed by atoms with E-state index in [0.29, 0.717) is 6.42 Å². The van der Waals surface area contributed by atoms with Gasteiger partial charge in [0.15, 0.2) is 0 Å². The first-order valence-corrected chi connectivity index (χ1v) is 6.08. The highest BCUT2D eigenvalue weighted by molar-refractivity contribution is 5.37. The van der Waals surface area contributed by atoms with Crippen LogP contribution in [0, 0.1) is 5.41 Å². The van der Waals surface area contributed by atoms with Gasteiger partial charge in [-0.15, -0.1) is 0 Å². The van der Waals surface area contributed by atoms with E-state index in [1.807, 2.05) is 13.8 Å². The van der Waals surface area contributed by atoms with Crippen molar-refractivity contribution < 1.29 is 18.3 Å². The standard InChI is InChI=1S/C14H17F3O/c1-12(2)8-5-9-13(12,18)10-6-3-4-7-11(10)14(15,16)17/h3-4,6-7,18H,5,8-9H2,1-2H3. The zero-order chi connectivity index (χ0) is 13.6. The smallest absolute Gasteiger partial charge is 0.385 e. The van der Waals surface area contributed by atoms with Crippen molar-refractivity contribution in [3.63, 3.8) is 0 Å². The van der Waals surface area contributed by atoms with E-state index in [1.54, 1.807) is 6.07 Å². The maximum Gasteiger partial charge on any atom is 0.416 e. The van der Waals surface area contributed by atoms with Gasteiger partial charge in [0.25, 0.3) is 0 Å². The first-order chi connectivity index (χ1) is 8.18. The zero-order valence-electron chi connectivity index (χ0n) is 10.5. The SMILES string of the molecule is CC1(C)CCCC1(O)c1ccccc1C(F)(F)F. The second-order valence-electron chi connectivity index (χ2n) is 5.64. The summed E-state index contributed by atoms with van der Waals surface area (Å²) in [5.41, 5.74) is -2.63. The van der Waals surface area contributed by atoms with Crippen molar-refractivity contribution in [1.82, 2.24) is 0 Å². The second-order valence-corrected chi connectivity index (χ2v) is 5.64. The summed E-state index contributed by atoms with van der Waals surface area (Å²) in [6.07, 6.45) is -2.57. The Balaban J connectivity index is 2.59. The molecule has 1 atom stereocenters. The molecule has 1 N–H and O–H groups in total. The minimum atomic E-state index is -4.43. The van der Waals surface area contributed by atoms with Crippen LogP contribution in [0.5, 0.6) is 0 Å². The van der Waals surface area contributed by atoms with Gasteiger partial charge in [0.2, 0.25) is 0 Å². The number of benzene rings is 1. The van der Waals surface area contributed by atoms with Crippen molar-refractivity contribution in [2.24, 2.45) is 5.41 Å². The van der Waals surface area contributed by atoms with Crippen LogP contribution in [-0.4, -0.2) is 5.11 Å². The van der Waals surface area contributed by atoms with E-state index in [0.717, 1.165) is 18.9 Å². The molecule has 0 amide bonds. The minimum Gasteiger partial charge on any atom is -0.385 e. The highest BCUT2D eigenvalue weighted by atomic mass is 19.4. The summed E-state index contributed by atoms with van der Waals surface area (Å²) in [5.74, 6) is 0. The Morgan fingerprint density at radius 2 is 1.72 bits per heavy atom. The molecule has 0 radical (unpaired) electrons. The van der Waals surface area contributed by atoms with Gasteiger partial charge in [-0.3, -0.25) is 0 Å². The Morgan fingerprint density at radius 3 is 2.22 bits per heavy atom. The Labute approximate surface area is 105 Å². The zero-order valence-corrected chi connectivity index (χ0v) is 10.5. The molecular weight excluding hydrogens is 241 g/mol. The number of rotatable bonds is 1. The van der Waals surface area contributed by atoms with E-state index in [2.05, 4.69) is 0 Å². The summed E-state index contributed by atoms with van der Waals surface area (Å²) in [6, 6.07) is 5.35. The molecule has 18 heavy (non-hydrogen) atoms. The monoisotopic (exact) mass is 258 g/mol. The van der Waals surface area contributed by atoms with Crippen LogP contribution in [0.15, 0.2) is 24.3 Å². The number of alkyl halides is 3. The fourth-order valence-electron chi connectivity index (χ4n) is 2.92. The molecule has 1 saturated carbocycles. The van der Waals surface area contributed by atoms with Crippen LogP contribution < -0.4 is 0 Å². The third-order valence-corrected chi connectivity index (χ3v) is 4.14. The summed E-state index contributed by atoms with van der Waals surface area (Å²) < 4.78 is 39.0. The van der Waals surface area contributed by atoms with Crippen LogP contribution in [0.25, 0.3) is 0 Å². The van der Waals surface area contributed by atoms with Crippen LogP contribution in [0.4, 0.5) is 13.2 Å². The average molecular weight is 258 g/mol. The fraction of sp³-hybridized carbons (Fsp3) is 0.571. The molecule has 0 saturated heterocycles. The van der Waals surface area contributed by atoms with Crippen molar-refractivity contribution in [3.8, 4) is 0 Å². The first kappa shape index (κ1) is 13.4. The lowest BCUT2D eigenvalue weighted by Crippen LogP contribution is -2.38. The Bertz CT molecular complexity index is 451. The lowest BCUT2D eigenvalue weighted by molar-refractivity contribution is -0.143.